The summed E-state index contributed by atoms with van der Waals surface area (Å²) >= 11 is 0. The molecule has 0 radical (unpaired) electrons. The molecule has 10 heteroatoms. The van der Waals surface area contributed by atoms with E-state index in [2.05, 4.69) is 10.1 Å². The summed E-state index contributed by atoms with van der Waals surface area (Å²) in [5, 5.41) is 14.9. The van der Waals surface area contributed by atoms with Gasteiger partial charge in [-0.15, -0.1) is 0 Å². The van der Waals surface area contributed by atoms with Crippen LogP contribution in [0.2, 0.25) is 0 Å². The number of sulfonamides is 1. The van der Waals surface area contributed by atoms with Crippen molar-refractivity contribution in [3.05, 3.63) is 59.8 Å². The fourth-order valence-electron chi connectivity index (χ4n) is 3.38. The predicted molar refractivity (Wildman–Crippen MR) is 107 cm³/mol. The maximum Gasteiger partial charge on any atom is 0.298 e. The summed E-state index contributed by atoms with van der Waals surface area (Å²) in [6.45, 7) is 3.03. The largest absolute Gasteiger partial charge is 0.597 e. The van der Waals surface area contributed by atoms with Crippen LogP contribution >= 0.6 is 0 Å². The average Bonchev–Trinajstić information content (AvgIpc) is 3.05. The van der Waals surface area contributed by atoms with E-state index in [-0.39, 0.29) is 15.7 Å². The Morgan fingerprint density at radius 1 is 1.14 bits per heavy atom. The fraction of sp³-hybridized carbons (Fsp3) is 0.316. The number of benzene rings is 2. The lowest BCUT2D eigenvalue weighted by atomic mass is 10.1. The van der Waals surface area contributed by atoms with Gasteiger partial charge >= 0.3 is 0 Å². The molecular formula is C19H22N4O5S. The molecule has 1 unspecified atom stereocenters. The summed E-state index contributed by atoms with van der Waals surface area (Å²) in [7, 11) is -2.75. The number of hydrogen-bond acceptors (Lipinski definition) is 6. The molecule has 29 heavy (non-hydrogen) atoms. The number of carbonyl (C=O) groups excluding carboxylic acids is 1. The van der Waals surface area contributed by atoms with Crippen molar-refractivity contribution < 1.29 is 22.9 Å². The van der Waals surface area contributed by atoms with Gasteiger partial charge in [0.15, 0.2) is 5.28 Å². The number of para-hydroxylation sites is 2. The molecular weight excluding hydrogens is 396 g/mol. The number of hydrogen-bond donors (Lipinski definition) is 0. The highest BCUT2D eigenvalue weighted by Crippen LogP contribution is 2.44. The normalized spacial score (nSPS) is 16.8. The van der Waals surface area contributed by atoms with Gasteiger partial charge in [-0.25, -0.2) is 12.7 Å². The van der Waals surface area contributed by atoms with Crippen LogP contribution in [0.1, 0.15) is 13.8 Å². The van der Waals surface area contributed by atoms with Crippen LogP contribution in [0.4, 0.5) is 11.4 Å². The van der Waals surface area contributed by atoms with Gasteiger partial charge in [0.2, 0.25) is 0 Å². The summed E-state index contributed by atoms with van der Waals surface area (Å²) in [4.78, 5) is 19.0. The van der Waals surface area contributed by atoms with Crippen LogP contribution in [0.3, 0.4) is 0 Å². The van der Waals surface area contributed by atoms with Crippen molar-refractivity contribution in [1.82, 2.24) is 0 Å². The maximum atomic E-state index is 13.5. The molecule has 1 atom stereocenters. The summed E-state index contributed by atoms with van der Waals surface area (Å²) in [6.07, 6.45) is -0.832. The second-order valence-electron chi connectivity index (χ2n) is 6.80. The Labute approximate surface area is 169 Å². The second-order valence-corrected chi connectivity index (χ2v) is 8.61. The van der Waals surface area contributed by atoms with Crippen molar-refractivity contribution in [2.75, 3.05) is 22.9 Å². The maximum absolute atomic E-state index is 13.5. The number of nitrogens with zero attached hydrogens (tertiary/aromatic N) is 4. The van der Waals surface area contributed by atoms with Crippen LogP contribution < -0.4 is 9.21 Å². The monoisotopic (exact) mass is 418 g/mol. The van der Waals surface area contributed by atoms with Gasteiger partial charge < -0.3 is 10.0 Å². The zero-order valence-electron chi connectivity index (χ0n) is 16.3. The van der Waals surface area contributed by atoms with Gasteiger partial charge in [0.25, 0.3) is 22.5 Å². The van der Waals surface area contributed by atoms with Crippen molar-refractivity contribution in [3.63, 3.8) is 0 Å². The Morgan fingerprint density at radius 3 is 2.31 bits per heavy atom. The lowest BCUT2D eigenvalue weighted by molar-refractivity contribution is -0.546. The number of anilines is 2. The van der Waals surface area contributed by atoms with E-state index in [1.165, 1.54) is 28.4 Å². The summed E-state index contributed by atoms with van der Waals surface area (Å²) in [6, 6.07) is 14.8. The van der Waals surface area contributed by atoms with Gasteiger partial charge in [-0.1, -0.05) is 44.2 Å². The zero-order valence-corrected chi connectivity index (χ0v) is 17.1. The van der Waals surface area contributed by atoms with Crippen LogP contribution in [0, 0.1) is 11.1 Å². The van der Waals surface area contributed by atoms with Gasteiger partial charge in [0.05, 0.1) is 16.3 Å². The van der Waals surface area contributed by atoms with Crippen molar-refractivity contribution in [3.8, 4) is 0 Å². The molecule has 2 aromatic carbocycles. The number of rotatable bonds is 6. The van der Waals surface area contributed by atoms with E-state index in [1.807, 2.05) is 13.8 Å². The Bertz CT molecular complexity index is 1020. The van der Waals surface area contributed by atoms with Crippen LogP contribution in [-0.2, 0) is 19.7 Å². The quantitative estimate of drug-likeness (QED) is 0.407. The second kappa shape index (κ2) is 8.08. The summed E-state index contributed by atoms with van der Waals surface area (Å²) in [5.74, 6) is -0.845. The third kappa shape index (κ3) is 3.75. The SMILES string of the molecule is CO/N=[N+](\[O-])CC(=O)N1c2ccccc2N(S(=O)(=O)c2ccccc2)C1C(C)C. The third-order valence-corrected chi connectivity index (χ3v) is 6.29. The van der Waals surface area contributed by atoms with E-state index in [4.69, 9.17) is 0 Å². The van der Waals surface area contributed by atoms with Gasteiger partial charge in [0, 0.05) is 0 Å². The topological polar surface area (TPSA) is 105 Å². The molecule has 0 N–H and O–H groups in total. The molecule has 3 rings (SSSR count). The number of hydroxylamine groups is 1. The molecule has 154 valence electrons. The molecule has 0 saturated heterocycles. The van der Waals surface area contributed by atoms with E-state index < -0.39 is 28.6 Å². The Balaban J connectivity index is 2.13. The number of carbonyl (C=O) groups is 1. The van der Waals surface area contributed by atoms with Crippen LogP contribution in [0.5, 0.6) is 0 Å². The summed E-state index contributed by atoms with van der Waals surface area (Å²) in [5.41, 5.74) is 0.797. The van der Waals surface area contributed by atoms with Crippen molar-refractivity contribution in [2.45, 2.75) is 24.9 Å². The minimum Gasteiger partial charge on any atom is -0.597 e. The van der Waals surface area contributed by atoms with Gasteiger partial charge in [-0.3, -0.25) is 9.69 Å². The Hall–Kier alpha value is -3.14. The van der Waals surface area contributed by atoms with E-state index in [0.29, 0.717) is 11.4 Å². The summed E-state index contributed by atoms with van der Waals surface area (Å²) < 4.78 is 28.2. The first-order chi connectivity index (χ1) is 13.8. The minimum absolute atomic E-state index is 0.120. The highest BCUT2D eigenvalue weighted by molar-refractivity contribution is 7.93. The first kappa shape index (κ1) is 20.6. The number of fused-ring (bicyclic) bond motifs is 1. The molecule has 0 saturated carbocycles. The molecule has 1 heterocycles. The van der Waals surface area contributed by atoms with Gasteiger partial charge in [-0.05, 0) is 35.0 Å². The lowest BCUT2D eigenvalue weighted by Gasteiger charge is -2.33. The molecule has 0 bridgehead atoms. The fourth-order valence-corrected chi connectivity index (χ4v) is 5.15. The standard InChI is InChI=1S/C19H22N4O5S/c1-14(2)19-22(18(24)13-21(25)20-28-3)16-11-7-8-12-17(16)23(19)29(26,27)15-9-5-4-6-10-15/h4-12,14,19H,13H2,1-3H3/b21-20-. The molecule has 0 spiro atoms. The number of amides is 1. The third-order valence-electron chi connectivity index (χ3n) is 4.49. The zero-order chi connectivity index (χ0) is 21.2. The van der Waals surface area contributed by atoms with Crippen LogP contribution in [0.15, 0.2) is 64.8 Å². The first-order valence-corrected chi connectivity index (χ1v) is 10.4. The highest BCUT2D eigenvalue weighted by atomic mass is 32.2. The molecule has 0 fully saturated rings. The molecule has 2 aromatic rings. The molecule has 0 aromatic heterocycles. The van der Waals surface area contributed by atoms with Crippen molar-refractivity contribution >= 4 is 27.3 Å². The Morgan fingerprint density at radius 2 is 1.72 bits per heavy atom. The van der Waals surface area contributed by atoms with Gasteiger partial charge in [0.1, 0.15) is 13.3 Å². The smallest absolute Gasteiger partial charge is 0.298 e. The first-order valence-electron chi connectivity index (χ1n) is 8.98. The van der Waals surface area contributed by atoms with E-state index in [1.54, 1.807) is 42.5 Å². The van der Waals surface area contributed by atoms with Crippen molar-refractivity contribution in [1.29, 1.82) is 0 Å². The molecule has 0 aliphatic carbocycles. The van der Waals surface area contributed by atoms with Gasteiger partial charge in [-0.2, -0.15) is 0 Å². The lowest BCUT2D eigenvalue weighted by Crippen LogP contribution is -2.52. The van der Waals surface area contributed by atoms with E-state index in [0.717, 1.165) is 0 Å². The van der Waals surface area contributed by atoms with Crippen molar-refractivity contribution in [2.24, 2.45) is 11.2 Å². The van der Waals surface area contributed by atoms with E-state index >= 15 is 0 Å². The minimum atomic E-state index is -3.95. The molecule has 1 aliphatic heterocycles. The molecule has 9 nitrogen and oxygen atoms in total. The highest BCUT2D eigenvalue weighted by Gasteiger charge is 2.47. The van der Waals surface area contributed by atoms with E-state index in [9.17, 15) is 18.4 Å². The Kier molecular flexibility index (Phi) is 5.73. The van der Waals surface area contributed by atoms with Crippen LogP contribution in [0.25, 0.3) is 0 Å². The van der Waals surface area contributed by atoms with Crippen LogP contribution in [-0.4, -0.2) is 39.0 Å². The molecule has 1 aliphatic rings. The average molecular weight is 418 g/mol. The molecule has 1 amide bonds. The predicted octanol–water partition coefficient (Wildman–Crippen LogP) is 2.73.